The molecule has 1 aromatic heterocycles. The second-order valence-corrected chi connectivity index (χ2v) is 4.42. The zero-order chi connectivity index (χ0) is 12.5. The summed E-state index contributed by atoms with van der Waals surface area (Å²) in [6, 6.07) is 0. The fraction of sp³-hybridized carbons (Fsp3) is 0.700. The van der Waals surface area contributed by atoms with E-state index in [9.17, 15) is 13.6 Å². The van der Waals surface area contributed by atoms with E-state index in [-0.39, 0.29) is 31.7 Å². The van der Waals surface area contributed by atoms with Crippen LogP contribution in [-0.4, -0.2) is 39.0 Å². The number of nitrogens with one attached hydrogen (secondary N) is 1. The minimum absolute atomic E-state index is 0.195. The Balaban J connectivity index is 1.92. The third kappa shape index (κ3) is 2.78. The summed E-state index contributed by atoms with van der Waals surface area (Å²) in [7, 11) is 1.58. The summed E-state index contributed by atoms with van der Waals surface area (Å²) in [5.74, 6) is -2.96. The minimum Gasteiger partial charge on any atom is -0.338 e. The number of carbonyl (C=O) groups is 1. The van der Waals surface area contributed by atoms with E-state index in [4.69, 9.17) is 0 Å². The number of amides is 1. The Morgan fingerprint density at radius 1 is 1.71 bits per heavy atom. The number of alkyl halides is 2. The zero-order valence-corrected chi connectivity index (χ0v) is 9.49. The van der Waals surface area contributed by atoms with Gasteiger partial charge in [-0.05, 0) is 6.42 Å². The molecular formula is C10H14F2N4O. The van der Waals surface area contributed by atoms with Gasteiger partial charge >= 0.3 is 0 Å². The smallest absolute Gasteiger partial charge is 0.248 e. The summed E-state index contributed by atoms with van der Waals surface area (Å²) in [5.41, 5.74) is 0. The number of H-pyrrole nitrogens is 1. The average molecular weight is 244 g/mol. The largest absolute Gasteiger partial charge is 0.338 e. The number of hydrogen-bond donors (Lipinski definition) is 1. The average Bonchev–Trinajstić information content (AvgIpc) is 2.86. The fourth-order valence-corrected chi connectivity index (χ4v) is 2.08. The van der Waals surface area contributed by atoms with Crippen molar-refractivity contribution < 1.29 is 13.6 Å². The summed E-state index contributed by atoms with van der Waals surface area (Å²) < 4.78 is 26.0. The van der Waals surface area contributed by atoms with Crippen LogP contribution >= 0.6 is 0 Å². The molecule has 0 bridgehead atoms. The van der Waals surface area contributed by atoms with Crippen LogP contribution in [0, 0.1) is 5.92 Å². The number of aromatic amines is 1. The molecule has 1 unspecified atom stereocenters. The molecule has 0 aliphatic heterocycles. The van der Waals surface area contributed by atoms with Gasteiger partial charge in [0.15, 0.2) is 0 Å². The second kappa shape index (κ2) is 4.38. The highest BCUT2D eigenvalue weighted by atomic mass is 19.3. The topological polar surface area (TPSA) is 61.9 Å². The molecule has 1 atom stereocenters. The van der Waals surface area contributed by atoms with E-state index >= 15 is 0 Å². The van der Waals surface area contributed by atoms with Crippen molar-refractivity contribution in [2.45, 2.75) is 31.7 Å². The van der Waals surface area contributed by atoms with Gasteiger partial charge in [0.2, 0.25) is 11.8 Å². The summed E-state index contributed by atoms with van der Waals surface area (Å²) in [6.45, 7) is 0.265. The first kappa shape index (κ1) is 11.9. The highest BCUT2D eigenvalue weighted by Gasteiger charge is 2.43. The van der Waals surface area contributed by atoms with Gasteiger partial charge in [0.25, 0.3) is 0 Å². The SMILES string of the molecule is CN(Cc1ncn[nH]1)C(=O)C1CCC(F)(F)C1. The van der Waals surface area contributed by atoms with Gasteiger partial charge in [-0.2, -0.15) is 5.10 Å². The standard InChI is InChI=1S/C10H14F2N4O/c1-16(5-8-13-6-14-15-8)9(17)7-2-3-10(11,12)4-7/h6-7H,2-5H2,1H3,(H,13,14,15). The molecule has 1 saturated carbocycles. The van der Waals surface area contributed by atoms with Gasteiger partial charge in [0.1, 0.15) is 12.2 Å². The number of halogens is 2. The quantitative estimate of drug-likeness (QED) is 0.869. The van der Waals surface area contributed by atoms with Crippen molar-refractivity contribution >= 4 is 5.91 Å². The summed E-state index contributed by atoms with van der Waals surface area (Å²) in [5, 5.41) is 6.29. The lowest BCUT2D eigenvalue weighted by Crippen LogP contribution is -2.32. The number of carbonyl (C=O) groups excluding carboxylic acids is 1. The van der Waals surface area contributed by atoms with Crippen LogP contribution in [0.25, 0.3) is 0 Å². The first-order chi connectivity index (χ1) is 7.98. The van der Waals surface area contributed by atoms with Gasteiger partial charge in [0, 0.05) is 25.8 Å². The number of nitrogens with zero attached hydrogens (tertiary/aromatic N) is 3. The van der Waals surface area contributed by atoms with Crippen LogP contribution in [-0.2, 0) is 11.3 Å². The third-order valence-electron chi connectivity index (χ3n) is 2.98. The molecule has 1 heterocycles. The molecule has 1 aliphatic rings. The van der Waals surface area contributed by atoms with Crippen molar-refractivity contribution in [2.75, 3.05) is 7.05 Å². The molecule has 1 N–H and O–H groups in total. The Morgan fingerprint density at radius 2 is 2.47 bits per heavy atom. The van der Waals surface area contributed by atoms with Gasteiger partial charge in [-0.1, -0.05) is 0 Å². The van der Waals surface area contributed by atoms with Gasteiger partial charge < -0.3 is 4.90 Å². The van der Waals surface area contributed by atoms with Gasteiger partial charge in [-0.25, -0.2) is 13.8 Å². The minimum atomic E-state index is -2.69. The maximum absolute atomic E-state index is 13.0. The first-order valence-electron chi connectivity index (χ1n) is 5.45. The molecule has 0 saturated heterocycles. The first-order valence-corrected chi connectivity index (χ1v) is 5.45. The Bertz CT molecular complexity index is 393. The molecule has 1 aliphatic carbocycles. The van der Waals surface area contributed by atoms with E-state index < -0.39 is 11.8 Å². The Kier molecular flexibility index (Phi) is 3.08. The highest BCUT2D eigenvalue weighted by molar-refractivity contribution is 5.78. The van der Waals surface area contributed by atoms with E-state index in [0.29, 0.717) is 5.82 Å². The van der Waals surface area contributed by atoms with Crippen LogP contribution in [0.2, 0.25) is 0 Å². The van der Waals surface area contributed by atoms with Crippen LogP contribution < -0.4 is 0 Å². The predicted octanol–water partition coefficient (Wildman–Crippen LogP) is 1.20. The lowest BCUT2D eigenvalue weighted by Gasteiger charge is -2.19. The Hall–Kier alpha value is -1.53. The van der Waals surface area contributed by atoms with Crippen molar-refractivity contribution in [2.24, 2.45) is 5.92 Å². The van der Waals surface area contributed by atoms with Crippen LogP contribution in [0.1, 0.15) is 25.1 Å². The lowest BCUT2D eigenvalue weighted by molar-refractivity contribution is -0.135. The van der Waals surface area contributed by atoms with Crippen LogP contribution in [0.15, 0.2) is 6.33 Å². The van der Waals surface area contributed by atoms with Crippen molar-refractivity contribution in [3.8, 4) is 0 Å². The number of aromatic nitrogens is 3. The van der Waals surface area contributed by atoms with Gasteiger partial charge in [-0.15, -0.1) is 0 Å². The molecule has 2 rings (SSSR count). The third-order valence-corrected chi connectivity index (χ3v) is 2.98. The normalized spacial score (nSPS) is 22.6. The molecule has 7 heteroatoms. The molecule has 1 fully saturated rings. The molecule has 0 spiro atoms. The molecule has 17 heavy (non-hydrogen) atoms. The Morgan fingerprint density at radius 3 is 3.00 bits per heavy atom. The van der Waals surface area contributed by atoms with Crippen molar-refractivity contribution in [1.82, 2.24) is 20.1 Å². The van der Waals surface area contributed by atoms with Crippen molar-refractivity contribution in [3.05, 3.63) is 12.2 Å². The van der Waals surface area contributed by atoms with E-state index in [2.05, 4.69) is 15.2 Å². The summed E-state index contributed by atoms with van der Waals surface area (Å²) in [6.07, 6.45) is 1.07. The van der Waals surface area contributed by atoms with E-state index in [1.165, 1.54) is 11.2 Å². The molecule has 5 nitrogen and oxygen atoms in total. The number of rotatable bonds is 3. The van der Waals surface area contributed by atoms with Gasteiger partial charge in [0.05, 0.1) is 6.54 Å². The summed E-state index contributed by atoms with van der Waals surface area (Å²) in [4.78, 5) is 17.2. The Labute approximate surface area is 97.2 Å². The predicted molar refractivity (Wildman–Crippen MR) is 55.1 cm³/mol. The molecule has 1 amide bonds. The maximum Gasteiger partial charge on any atom is 0.248 e. The van der Waals surface area contributed by atoms with E-state index in [1.807, 2.05) is 0 Å². The zero-order valence-electron chi connectivity index (χ0n) is 9.49. The molecule has 94 valence electrons. The second-order valence-electron chi connectivity index (χ2n) is 4.42. The maximum atomic E-state index is 13.0. The molecular weight excluding hydrogens is 230 g/mol. The fourth-order valence-electron chi connectivity index (χ4n) is 2.08. The van der Waals surface area contributed by atoms with E-state index in [1.54, 1.807) is 7.05 Å². The van der Waals surface area contributed by atoms with Crippen molar-refractivity contribution in [1.29, 1.82) is 0 Å². The molecule has 0 aromatic carbocycles. The van der Waals surface area contributed by atoms with Crippen molar-refractivity contribution in [3.63, 3.8) is 0 Å². The lowest BCUT2D eigenvalue weighted by atomic mass is 10.1. The highest BCUT2D eigenvalue weighted by Crippen LogP contribution is 2.39. The van der Waals surface area contributed by atoms with Crippen LogP contribution in [0.5, 0.6) is 0 Å². The molecule has 1 aromatic rings. The van der Waals surface area contributed by atoms with Crippen LogP contribution in [0.3, 0.4) is 0 Å². The number of hydrogen-bond acceptors (Lipinski definition) is 3. The summed E-state index contributed by atoms with van der Waals surface area (Å²) >= 11 is 0. The van der Waals surface area contributed by atoms with Gasteiger partial charge in [-0.3, -0.25) is 9.89 Å². The van der Waals surface area contributed by atoms with Crippen LogP contribution in [0.4, 0.5) is 8.78 Å². The van der Waals surface area contributed by atoms with E-state index in [0.717, 1.165) is 0 Å². The monoisotopic (exact) mass is 244 g/mol. The molecule has 0 radical (unpaired) electrons.